The zero-order chi connectivity index (χ0) is 19.2. The second-order valence-electron chi connectivity index (χ2n) is 5.31. The van der Waals surface area contributed by atoms with Crippen LogP contribution in [0.5, 0.6) is 0 Å². The SMILES string of the molecule is Cc1ccccc1SCC(=O)OCC(=O)Nc1ccccc1C(F)(F)F. The summed E-state index contributed by atoms with van der Waals surface area (Å²) < 4.78 is 43.4. The van der Waals surface area contributed by atoms with Gasteiger partial charge in [-0.15, -0.1) is 11.8 Å². The van der Waals surface area contributed by atoms with Crippen molar-refractivity contribution in [1.29, 1.82) is 0 Å². The van der Waals surface area contributed by atoms with Crippen LogP contribution in [0.2, 0.25) is 0 Å². The second kappa shape index (κ2) is 8.75. The van der Waals surface area contributed by atoms with Gasteiger partial charge in [0.2, 0.25) is 0 Å². The van der Waals surface area contributed by atoms with Gasteiger partial charge >= 0.3 is 12.1 Å². The van der Waals surface area contributed by atoms with E-state index in [-0.39, 0.29) is 11.4 Å². The summed E-state index contributed by atoms with van der Waals surface area (Å²) in [5, 5.41) is 2.11. The van der Waals surface area contributed by atoms with Crippen LogP contribution in [-0.2, 0) is 20.5 Å². The molecule has 2 aromatic rings. The van der Waals surface area contributed by atoms with E-state index < -0.39 is 30.2 Å². The van der Waals surface area contributed by atoms with Crippen molar-refractivity contribution in [3.63, 3.8) is 0 Å². The highest BCUT2D eigenvalue weighted by Gasteiger charge is 2.33. The van der Waals surface area contributed by atoms with Crippen LogP contribution >= 0.6 is 11.8 Å². The summed E-state index contributed by atoms with van der Waals surface area (Å²) >= 11 is 1.26. The summed E-state index contributed by atoms with van der Waals surface area (Å²) in [5.41, 5.74) is -0.336. The van der Waals surface area contributed by atoms with Gasteiger partial charge in [0, 0.05) is 4.90 Å². The van der Waals surface area contributed by atoms with Gasteiger partial charge in [0.05, 0.1) is 17.0 Å². The lowest BCUT2D eigenvalue weighted by atomic mass is 10.1. The quantitative estimate of drug-likeness (QED) is 0.597. The third kappa shape index (κ3) is 5.80. The minimum absolute atomic E-state index is 0.00271. The number of carbonyl (C=O) groups excluding carboxylic acids is 2. The van der Waals surface area contributed by atoms with Crippen LogP contribution in [-0.4, -0.2) is 24.2 Å². The van der Waals surface area contributed by atoms with Crippen LogP contribution in [0.15, 0.2) is 53.4 Å². The molecule has 0 spiro atoms. The zero-order valence-corrected chi connectivity index (χ0v) is 14.6. The number of esters is 1. The third-order valence-corrected chi connectivity index (χ3v) is 4.46. The molecular weight excluding hydrogens is 367 g/mol. The van der Waals surface area contributed by atoms with E-state index in [1.807, 2.05) is 31.2 Å². The van der Waals surface area contributed by atoms with Crippen LogP contribution in [0.4, 0.5) is 18.9 Å². The summed E-state index contributed by atoms with van der Waals surface area (Å²) in [4.78, 5) is 24.4. The number of anilines is 1. The molecule has 0 heterocycles. The Hall–Kier alpha value is -2.48. The predicted octanol–water partition coefficient (Wildman–Crippen LogP) is 4.29. The number of hydrogen-bond donors (Lipinski definition) is 1. The van der Waals surface area contributed by atoms with Gasteiger partial charge in [-0.3, -0.25) is 9.59 Å². The first kappa shape index (κ1) is 19.8. The molecule has 0 saturated heterocycles. The lowest BCUT2D eigenvalue weighted by molar-refractivity contribution is -0.144. The van der Waals surface area contributed by atoms with Crippen LogP contribution in [0, 0.1) is 6.92 Å². The molecule has 1 N–H and O–H groups in total. The topological polar surface area (TPSA) is 55.4 Å². The number of para-hydroxylation sites is 1. The standard InChI is InChI=1S/C18H16F3NO3S/c1-12-6-2-5-9-15(12)26-11-17(24)25-10-16(23)22-14-8-4-3-7-13(14)18(19,20)21/h2-9H,10-11H2,1H3,(H,22,23). The number of amides is 1. The molecule has 0 atom stereocenters. The van der Waals surface area contributed by atoms with Crippen molar-refractivity contribution < 1.29 is 27.5 Å². The van der Waals surface area contributed by atoms with E-state index in [0.29, 0.717) is 0 Å². The van der Waals surface area contributed by atoms with E-state index in [1.165, 1.54) is 23.9 Å². The Kier molecular flexibility index (Phi) is 6.68. The summed E-state index contributed by atoms with van der Waals surface area (Å²) in [6.07, 6.45) is -4.59. The zero-order valence-electron chi connectivity index (χ0n) is 13.8. The number of alkyl halides is 3. The molecule has 138 valence electrons. The third-order valence-electron chi connectivity index (χ3n) is 3.31. The van der Waals surface area contributed by atoms with Crippen molar-refractivity contribution in [3.8, 4) is 0 Å². The van der Waals surface area contributed by atoms with E-state index >= 15 is 0 Å². The van der Waals surface area contributed by atoms with E-state index in [0.717, 1.165) is 22.6 Å². The maximum absolute atomic E-state index is 12.9. The first-order valence-corrected chi connectivity index (χ1v) is 8.56. The van der Waals surface area contributed by atoms with E-state index in [1.54, 1.807) is 0 Å². The fourth-order valence-electron chi connectivity index (χ4n) is 2.07. The maximum Gasteiger partial charge on any atom is 0.418 e. The van der Waals surface area contributed by atoms with Crippen molar-refractivity contribution >= 4 is 29.3 Å². The molecule has 0 aliphatic rings. The van der Waals surface area contributed by atoms with Crippen LogP contribution in [0.1, 0.15) is 11.1 Å². The van der Waals surface area contributed by atoms with Gasteiger partial charge < -0.3 is 10.1 Å². The lowest BCUT2D eigenvalue weighted by Crippen LogP contribution is -2.23. The molecule has 0 aromatic heterocycles. The highest BCUT2D eigenvalue weighted by molar-refractivity contribution is 8.00. The van der Waals surface area contributed by atoms with Gasteiger partial charge in [-0.25, -0.2) is 0 Å². The first-order valence-electron chi connectivity index (χ1n) is 7.57. The summed E-state index contributed by atoms with van der Waals surface area (Å²) in [6.45, 7) is 1.25. The Labute approximate surface area is 152 Å². The highest BCUT2D eigenvalue weighted by Crippen LogP contribution is 2.34. The molecule has 0 radical (unpaired) electrons. The summed E-state index contributed by atoms with van der Waals surface area (Å²) in [6, 6.07) is 12.1. The van der Waals surface area contributed by atoms with Crippen molar-refractivity contribution in [2.75, 3.05) is 17.7 Å². The fourth-order valence-corrected chi connectivity index (χ4v) is 2.90. The highest BCUT2D eigenvalue weighted by atomic mass is 32.2. The Balaban J connectivity index is 1.84. The monoisotopic (exact) mass is 383 g/mol. The number of hydrogen-bond acceptors (Lipinski definition) is 4. The van der Waals surface area contributed by atoms with Crippen LogP contribution in [0.3, 0.4) is 0 Å². The van der Waals surface area contributed by atoms with Gasteiger partial charge in [0.1, 0.15) is 0 Å². The Morgan fingerprint density at radius 3 is 2.42 bits per heavy atom. The van der Waals surface area contributed by atoms with Crippen LogP contribution in [0.25, 0.3) is 0 Å². The molecule has 0 fully saturated rings. The predicted molar refractivity (Wildman–Crippen MR) is 92.9 cm³/mol. The van der Waals surface area contributed by atoms with Crippen molar-refractivity contribution in [2.24, 2.45) is 0 Å². The average Bonchev–Trinajstić information content (AvgIpc) is 2.59. The second-order valence-corrected chi connectivity index (χ2v) is 6.32. The molecule has 26 heavy (non-hydrogen) atoms. The van der Waals surface area contributed by atoms with Gasteiger partial charge in [0.25, 0.3) is 5.91 Å². The number of ether oxygens (including phenoxy) is 1. The van der Waals surface area contributed by atoms with Crippen molar-refractivity contribution in [1.82, 2.24) is 0 Å². The molecular formula is C18H16F3NO3S. The molecule has 0 aliphatic heterocycles. The molecule has 0 unspecified atom stereocenters. The average molecular weight is 383 g/mol. The lowest BCUT2D eigenvalue weighted by Gasteiger charge is -2.13. The number of benzene rings is 2. The Bertz CT molecular complexity index is 793. The number of rotatable bonds is 6. The van der Waals surface area contributed by atoms with Crippen molar-refractivity contribution in [3.05, 3.63) is 59.7 Å². The normalized spacial score (nSPS) is 11.1. The Morgan fingerprint density at radius 2 is 1.73 bits per heavy atom. The molecule has 0 aliphatic carbocycles. The molecule has 0 bridgehead atoms. The number of carbonyl (C=O) groups is 2. The molecule has 4 nitrogen and oxygen atoms in total. The number of nitrogens with one attached hydrogen (secondary N) is 1. The molecule has 0 saturated carbocycles. The van der Waals surface area contributed by atoms with Gasteiger partial charge in [-0.2, -0.15) is 13.2 Å². The van der Waals surface area contributed by atoms with Crippen LogP contribution < -0.4 is 5.32 Å². The van der Waals surface area contributed by atoms with E-state index in [2.05, 4.69) is 5.32 Å². The summed E-state index contributed by atoms with van der Waals surface area (Å²) in [7, 11) is 0. The fraction of sp³-hybridized carbons (Fsp3) is 0.222. The minimum Gasteiger partial charge on any atom is -0.455 e. The van der Waals surface area contributed by atoms with Gasteiger partial charge in [-0.05, 0) is 30.7 Å². The largest absolute Gasteiger partial charge is 0.455 e. The summed E-state index contributed by atoms with van der Waals surface area (Å²) in [5.74, 6) is -1.47. The van der Waals surface area contributed by atoms with Crippen molar-refractivity contribution in [2.45, 2.75) is 18.0 Å². The maximum atomic E-state index is 12.9. The molecule has 1 amide bonds. The first-order chi connectivity index (χ1) is 12.3. The van der Waals surface area contributed by atoms with E-state index in [9.17, 15) is 22.8 Å². The van der Waals surface area contributed by atoms with E-state index in [4.69, 9.17) is 4.74 Å². The van der Waals surface area contributed by atoms with Gasteiger partial charge in [-0.1, -0.05) is 30.3 Å². The smallest absolute Gasteiger partial charge is 0.418 e. The van der Waals surface area contributed by atoms with Gasteiger partial charge in [0.15, 0.2) is 6.61 Å². The number of halogens is 3. The molecule has 2 rings (SSSR count). The minimum atomic E-state index is -4.59. The molecule has 8 heteroatoms. The number of thioether (sulfide) groups is 1. The Morgan fingerprint density at radius 1 is 1.08 bits per heavy atom. The molecule has 2 aromatic carbocycles. The number of aryl methyl sites for hydroxylation is 1.